The highest BCUT2D eigenvalue weighted by atomic mass is 32.2. The number of piperidine rings is 2. The van der Waals surface area contributed by atoms with Gasteiger partial charge in [-0.05, 0) is 61.7 Å². The highest BCUT2D eigenvalue weighted by Gasteiger charge is 2.33. The summed E-state index contributed by atoms with van der Waals surface area (Å²) >= 11 is 1.22. The molecule has 3 heterocycles. The highest BCUT2D eigenvalue weighted by Crippen LogP contribution is 2.28. The van der Waals surface area contributed by atoms with Crippen LogP contribution in [0.25, 0.3) is 0 Å². The van der Waals surface area contributed by atoms with E-state index < -0.39 is 10.0 Å². The van der Waals surface area contributed by atoms with Gasteiger partial charge in [-0.3, -0.25) is 4.79 Å². The Morgan fingerprint density at radius 2 is 1.86 bits per heavy atom. The van der Waals surface area contributed by atoms with Crippen molar-refractivity contribution in [1.82, 2.24) is 4.31 Å². The van der Waals surface area contributed by atoms with Gasteiger partial charge < -0.3 is 10.2 Å². The van der Waals surface area contributed by atoms with Crippen molar-refractivity contribution in [2.75, 3.05) is 36.4 Å². The fourth-order valence-electron chi connectivity index (χ4n) is 4.09. The van der Waals surface area contributed by atoms with Crippen molar-refractivity contribution in [2.45, 2.75) is 36.3 Å². The predicted molar refractivity (Wildman–Crippen MR) is 117 cm³/mol. The predicted octanol–water partition coefficient (Wildman–Crippen LogP) is 3.78. The van der Waals surface area contributed by atoms with E-state index in [4.69, 9.17) is 0 Å². The first-order valence-corrected chi connectivity index (χ1v) is 12.6. The van der Waals surface area contributed by atoms with Crippen molar-refractivity contribution < 1.29 is 13.2 Å². The largest absolute Gasteiger partial charge is 0.371 e. The summed E-state index contributed by atoms with van der Waals surface area (Å²) in [5.41, 5.74) is 1.91. The fourth-order valence-corrected chi connectivity index (χ4v) is 6.76. The summed E-state index contributed by atoms with van der Waals surface area (Å²) in [5.74, 6) is -0.441. The number of amides is 1. The molecule has 1 amide bonds. The van der Waals surface area contributed by atoms with Crippen LogP contribution in [0.3, 0.4) is 0 Å². The van der Waals surface area contributed by atoms with Crippen LogP contribution in [0.4, 0.5) is 11.4 Å². The summed E-state index contributed by atoms with van der Waals surface area (Å²) < 4.78 is 27.4. The van der Waals surface area contributed by atoms with Crippen molar-refractivity contribution in [1.29, 1.82) is 0 Å². The second-order valence-electron chi connectivity index (χ2n) is 7.72. The Balaban J connectivity index is 1.42. The van der Waals surface area contributed by atoms with Crippen LogP contribution in [-0.4, -0.2) is 44.8 Å². The smallest absolute Gasteiger partial charge is 0.252 e. The molecule has 29 heavy (non-hydrogen) atoms. The van der Waals surface area contributed by atoms with E-state index in [2.05, 4.69) is 16.3 Å². The van der Waals surface area contributed by atoms with Gasteiger partial charge in [0, 0.05) is 37.6 Å². The summed E-state index contributed by atoms with van der Waals surface area (Å²) in [5, 5.41) is 4.77. The number of sulfonamides is 1. The number of carbonyl (C=O) groups excluding carboxylic acids is 1. The third-order valence-electron chi connectivity index (χ3n) is 5.68. The van der Waals surface area contributed by atoms with Crippen molar-refractivity contribution in [3.05, 3.63) is 41.8 Å². The number of nitrogens with one attached hydrogen (secondary N) is 1. The average Bonchev–Trinajstić information content (AvgIpc) is 3.31. The zero-order valence-corrected chi connectivity index (χ0v) is 18.1. The molecule has 0 spiro atoms. The first-order chi connectivity index (χ1) is 14.0. The Morgan fingerprint density at radius 3 is 2.62 bits per heavy atom. The number of hydrogen-bond donors (Lipinski definition) is 1. The van der Waals surface area contributed by atoms with Gasteiger partial charge in [0.05, 0.1) is 5.92 Å². The molecule has 2 aliphatic heterocycles. The van der Waals surface area contributed by atoms with E-state index in [0.29, 0.717) is 23.6 Å². The van der Waals surface area contributed by atoms with Gasteiger partial charge in [0.2, 0.25) is 5.91 Å². The molecule has 0 radical (unpaired) electrons. The summed E-state index contributed by atoms with van der Waals surface area (Å²) in [4.78, 5) is 15.2. The molecule has 1 atom stereocenters. The molecule has 1 unspecified atom stereocenters. The number of hydrogen-bond acceptors (Lipinski definition) is 5. The minimum Gasteiger partial charge on any atom is -0.371 e. The molecule has 0 aliphatic carbocycles. The van der Waals surface area contributed by atoms with Gasteiger partial charge in [0.15, 0.2) is 0 Å². The van der Waals surface area contributed by atoms with Gasteiger partial charge in [-0.25, -0.2) is 8.42 Å². The van der Waals surface area contributed by atoms with E-state index in [0.717, 1.165) is 24.5 Å². The molecule has 0 saturated carbocycles. The lowest BCUT2D eigenvalue weighted by Crippen LogP contribution is -2.43. The van der Waals surface area contributed by atoms with Gasteiger partial charge in [-0.1, -0.05) is 12.1 Å². The molecular weight excluding hydrogens is 406 g/mol. The zero-order valence-electron chi connectivity index (χ0n) is 16.4. The maximum atomic E-state index is 12.9. The van der Waals surface area contributed by atoms with Gasteiger partial charge >= 0.3 is 0 Å². The van der Waals surface area contributed by atoms with E-state index in [1.54, 1.807) is 17.5 Å². The standard InChI is InChI=1S/C21H27N3O3S2/c25-21(22-18-8-4-9-19(15-18)23-11-2-1-3-12-23)17-7-5-13-24(16-17)29(26,27)20-10-6-14-28-20/h4,6,8-10,14-15,17H,1-3,5,7,11-13,16H2,(H,22,25). The van der Waals surface area contributed by atoms with E-state index in [1.165, 1.54) is 34.9 Å². The first kappa shape index (κ1) is 20.4. The molecule has 1 N–H and O–H groups in total. The van der Waals surface area contributed by atoms with Crippen LogP contribution in [0.2, 0.25) is 0 Å². The van der Waals surface area contributed by atoms with Crippen LogP contribution >= 0.6 is 11.3 Å². The van der Waals surface area contributed by atoms with Crippen molar-refractivity contribution in [3.8, 4) is 0 Å². The summed E-state index contributed by atoms with van der Waals surface area (Å²) in [6.07, 6.45) is 5.07. The van der Waals surface area contributed by atoms with Gasteiger partial charge in [0.1, 0.15) is 4.21 Å². The molecule has 4 rings (SSSR count). The monoisotopic (exact) mass is 433 g/mol. The molecular formula is C21H27N3O3S2. The molecule has 8 heteroatoms. The number of thiophene rings is 1. The lowest BCUT2D eigenvalue weighted by Gasteiger charge is -2.31. The molecule has 1 aromatic carbocycles. The van der Waals surface area contributed by atoms with Crippen LogP contribution in [0.5, 0.6) is 0 Å². The van der Waals surface area contributed by atoms with Crippen LogP contribution in [-0.2, 0) is 14.8 Å². The SMILES string of the molecule is O=C(Nc1cccc(N2CCCCC2)c1)C1CCCN(S(=O)(=O)c2cccs2)C1. The average molecular weight is 434 g/mol. The Hall–Kier alpha value is -1.90. The second kappa shape index (κ2) is 8.85. The number of rotatable bonds is 5. The number of nitrogens with zero attached hydrogens (tertiary/aromatic N) is 2. The summed E-state index contributed by atoms with van der Waals surface area (Å²) in [7, 11) is -3.51. The minimum absolute atomic E-state index is 0.105. The van der Waals surface area contributed by atoms with Gasteiger partial charge in [-0.2, -0.15) is 4.31 Å². The van der Waals surface area contributed by atoms with Crippen LogP contribution < -0.4 is 10.2 Å². The molecule has 2 saturated heterocycles. The van der Waals surface area contributed by atoms with Gasteiger partial charge in [-0.15, -0.1) is 11.3 Å². The Morgan fingerprint density at radius 1 is 1.03 bits per heavy atom. The summed E-state index contributed by atoms with van der Waals surface area (Å²) in [6.45, 7) is 2.80. The zero-order chi connectivity index (χ0) is 20.3. The lowest BCUT2D eigenvalue weighted by atomic mass is 9.98. The Labute approximate surface area is 176 Å². The Kier molecular flexibility index (Phi) is 6.22. The topological polar surface area (TPSA) is 69.7 Å². The fraction of sp³-hybridized carbons (Fsp3) is 0.476. The molecule has 1 aromatic heterocycles. The van der Waals surface area contributed by atoms with Crippen LogP contribution in [0.1, 0.15) is 32.1 Å². The number of benzene rings is 1. The normalized spacial score (nSPS) is 21.1. The van der Waals surface area contributed by atoms with Crippen molar-refractivity contribution in [3.63, 3.8) is 0 Å². The van der Waals surface area contributed by atoms with Crippen molar-refractivity contribution in [2.24, 2.45) is 5.92 Å². The maximum absolute atomic E-state index is 12.9. The number of anilines is 2. The lowest BCUT2D eigenvalue weighted by molar-refractivity contribution is -0.120. The molecule has 2 aromatic rings. The molecule has 156 valence electrons. The van der Waals surface area contributed by atoms with Crippen molar-refractivity contribution >= 4 is 38.6 Å². The van der Waals surface area contributed by atoms with Gasteiger partial charge in [0.25, 0.3) is 10.0 Å². The van der Waals surface area contributed by atoms with E-state index in [1.807, 2.05) is 18.2 Å². The number of carbonyl (C=O) groups is 1. The minimum atomic E-state index is -3.51. The third-order valence-corrected chi connectivity index (χ3v) is 8.92. The molecule has 0 bridgehead atoms. The molecule has 6 nitrogen and oxygen atoms in total. The highest BCUT2D eigenvalue weighted by molar-refractivity contribution is 7.91. The van der Waals surface area contributed by atoms with Crippen LogP contribution in [0, 0.1) is 5.92 Å². The maximum Gasteiger partial charge on any atom is 0.252 e. The van der Waals surface area contributed by atoms with E-state index in [-0.39, 0.29) is 18.4 Å². The van der Waals surface area contributed by atoms with E-state index >= 15 is 0 Å². The second-order valence-corrected chi connectivity index (χ2v) is 10.8. The molecule has 2 fully saturated rings. The first-order valence-electron chi connectivity index (χ1n) is 10.2. The summed E-state index contributed by atoms with van der Waals surface area (Å²) in [6, 6.07) is 11.3. The van der Waals surface area contributed by atoms with E-state index in [9.17, 15) is 13.2 Å². The Bertz CT molecular complexity index is 938. The third kappa shape index (κ3) is 4.65. The quantitative estimate of drug-likeness (QED) is 0.779. The van der Waals surface area contributed by atoms with Crippen LogP contribution in [0.15, 0.2) is 46.0 Å². The molecule has 2 aliphatic rings.